The van der Waals surface area contributed by atoms with Gasteiger partial charge < -0.3 is 0 Å². The van der Waals surface area contributed by atoms with Crippen LogP contribution in [0.5, 0.6) is 0 Å². The van der Waals surface area contributed by atoms with E-state index in [2.05, 4.69) is 0 Å². The average Bonchev–Trinajstić information content (AvgIpc) is 3.29. The predicted octanol–water partition coefficient (Wildman–Crippen LogP) is 6.39. The van der Waals surface area contributed by atoms with Crippen molar-refractivity contribution in [3.63, 3.8) is 0 Å². The highest BCUT2D eigenvalue weighted by molar-refractivity contribution is 7.90. The molecule has 9 heteroatoms. The Morgan fingerprint density at radius 3 is 1.68 bits per heavy atom. The Hall–Kier alpha value is -2.55. The van der Waals surface area contributed by atoms with E-state index in [1.807, 2.05) is 6.08 Å². The zero-order valence-electron chi connectivity index (χ0n) is 16.1. The molecule has 0 bridgehead atoms. The maximum atomic E-state index is 13.4. The van der Waals surface area contributed by atoms with Crippen molar-refractivity contribution < 1.29 is 34.8 Å². The number of allylic oxidation sites excluding steroid dienone is 4. The van der Waals surface area contributed by atoms with Crippen LogP contribution in [-0.2, 0) is 22.2 Å². The molecule has 4 rings (SSSR count). The number of sulfone groups is 1. The lowest BCUT2D eigenvalue weighted by atomic mass is 9.92. The largest absolute Gasteiger partial charge is 0.417 e. The van der Waals surface area contributed by atoms with E-state index in [0.29, 0.717) is 28.8 Å². The molecule has 0 radical (unpaired) electrons. The fraction of sp³-hybridized carbons (Fsp3) is 0.273. The number of alkyl halides is 6. The van der Waals surface area contributed by atoms with E-state index in [-0.39, 0.29) is 15.9 Å². The summed E-state index contributed by atoms with van der Waals surface area (Å²) in [5, 5.41) is 0. The fourth-order valence-electron chi connectivity index (χ4n) is 3.76. The van der Waals surface area contributed by atoms with Gasteiger partial charge in [0.25, 0.3) is 0 Å². The Bertz CT molecular complexity index is 1210. The molecule has 0 unspecified atom stereocenters. The third kappa shape index (κ3) is 4.15. The van der Waals surface area contributed by atoms with Gasteiger partial charge in [0.2, 0.25) is 0 Å². The maximum absolute atomic E-state index is 13.4. The summed E-state index contributed by atoms with van der Waals surface area (Å²) in [6, 6.07) is 7.93. The summed E-state index contributed by atoms with van der Waals surface area (Å²) in [6.07, 6.45) is -3.99. The van der Waals surface area contributed by atoms with Crippen LogP contribution in [0.2, 0.25) is 0 Å². The van der Waals surface area contributed by atoms with Crippen LogP contribution in [0.15, 0.2) is 59.5 Å². The van der Waals surface area contributed by atoms with Crippen LogP contribution in [0.1, 0.15) is 35.1 Å². The lowest BCUT2D eigenvalue weighted by Gasteiger charge is -2.18. The normalized spacial score (nSPS) is 18.2. The van der Waals surface area contributed by atoms with Crippen LogP contribution in [0, 0.1) is 5.41 Å². The lowest BCUT2D eigenvalue weighted by molar-refractivity contribution is -0.162. The molecule has 2 aliphatic rings. The van der Waals surface area contributed by atoms with Gasteiger partial charge in [-0.25, -0.2) is 8.42 Å². The van der Waals surface area contributed by atoms with Crippen LogP contribution in [0.25, 0.3) is 11.1 Å². The number of benzene rings is 2. The van der Waals surface area contributed by atoms with Crippen molar-refractivity contribution in [2.45, 2.75) is 30.1 Å². The summed E-state index contributed by atoms with van der Waals surface area (Å²) in [7, 11) is -3.43. The highest BCUT2D eigenvalue weighted by Gasteiger charge is 2.45. The quantitative estimate of drug-likeness (QED) is 0.500. The van der Waals surface area contributed by atoms with Crippen molar-refractivity contribution >= 4 is 21.0 Å². The van der Waals surface area contributed by atoms with E-state index >= 15 is 0 Å². The van der Waals surface area contributed by atoms with E-state index in [1.54, 1.807) is 18.2 Å². The molecule has 0 heterocycles. The molecule has 2 aliphatic carbocycles. The molecule has 0 saturated heterocycles. The van der Waals surface area contributed by atoms with Crippen molar-refractivity contribution in [2.24, 2.45) is 5.41 Å². The predicted molar refractivity (Wildman–Crippen MR) is 104 cm³/mol. The first kappa shape index (κ1) is 21.7. The first-order valence-electron chi connectivity index (χ1n) is 9.25. The number of rotatable bonds is 3. The summed E-state index contributed by atoms with van der Waals surface area (Å²) in [5.41, 5.74) is -2.19. The van der Waals surface area contributed by atoms with E-state index in [4.69, 9.17) is 0 Å². The second kappa shape index (κ2) is 6.72. The standard InChI is InChI=1S/C22H16F6O2S/c1-31(29,30)15-5-2-13(3-6-15)16-11-20(8-9-20)12-17(16)14-4-7-18(21(23,24)25)19(10-14)22(26,27)28/h2-7,10-12H,8-9H2,1H3. The smallest absolute Gasteiger partial charge is 0.224 e. The van der Waals surface area contributed by atoms with Gasteiger partial charge in [0.05, 0.1) is 16.0 Å². The molecular weight excluding hydrogens is 442 g/mol. The SMILES string of the molecule is CS(=O)(=O)c1ccc(C2=CC3(C=C2c2ccc(C(F)(F)F)c(C(F)(F)F)c2)CC3)cc1. The Morgan fingerprint density at radius 2 is 1.23 bits per heavy atom. The average molecular weight is 458 g/mol. The van der Waals surface area contributed by atoms with Gasteiger partial charge in [-0.15, -0.1) is 0 Å². The summed E-state index contributed by atoms with van der Waals surface area (Å²) in [5.74, 6) is 0. The molecule has 0 aromatic heterocycles. The van der Waals surface area contributed by atoms with Gasteiger partial charge in [-0.05, 0) is 59.4 Å². The van der Waals surface area contributed by atoms with E-state index in [0.717, 1.165) is 25.2 Å². The third-order valence-corrected chi connectivity index (χ3v) is 6.64. The van der Waals surface area contributed by atoms with Crippen molar-refractivity contribution in [3.05, 3.63) is 76.9 Å². The first-order valence-corrected chi connectivity index (χ1v) is 11.1. The monoisotopic (exact) mass is 458 g/mol. The molecule has 0 atom stereocenters. The van der Waals surface area contributed by atoms with E-state index < -0.39 is 33.3 Å². The highest BCUT2D eigenvalue weighted by atomic mass is 32.2. The third-order valence-electron chi connectivity index (χ3n) is 5.52. The van der Waals surface area contributed by atoms with Crippen molar-refractivity contribution in [1.82, 2.24) is 0 Å². The second-order valence-corrected chi connectivity index (χ2v) is 9.92. The minimum absolute atomic E-state index is 0.0301. The maximum Gasteiger partial charge on any atom is 0.417 e. The van der Waals surface area contributed by atoms with Crippen molar-refractivity contribution in [3.8, 4) is 0 Å². The van der Waals surface area contributed by atoms with Gasteiger partial charge in [-0.1, -0.05) is 30.4 Å². The highest BCUT2D eigenvalue weighted by Crippen LogP contribution is 2.58. The molecule has 2 nitrogen and oxygen atoms in total. The zero-order chi connectivity index (χ0) is 22.8. The Kier molecular flexibility index (Phi) is 4.70. The molecule has 2 aromatic rings. The summed E-state index contributed by atoms with van der Waals surface area (Å²) in [4.78, 5) is 0.0930. The molecule has 2 aromatic carbocycles. The number of halogens is 6. The van der Waals surface area contributed by atoms with E-state index in [9.17, 15) is 34.8 Å². The van der Waals surface area contributed by atoms with Crippen LogP contribution in [0.4, 0.5) is 26.3 Å². The van der Waals surface area contributed by atoms with Crippen molar-refractivity contribution in [2.75, 3.05) is 6.26 Å². The molecule has 0 N–H and O–H groups in total. The first-order chi connectivity index (χ1) is 14.2. The molecule has 0 aliphatic heterocycles. The number of hydrogen-bond acceptors (Lipinski definition) is 2. The van der Waals surface area contributed by atoms with Gasteiger partial charge in [-0.3, -0.25) is 0 Å². The summed E-state index contributed by atoms with van der Waals surface area (Å²) < 4.78 is 103. The van der Waals surface area contributed by atoms with Crippen LogP contribution in [-0.4, -0.2) is 14.7 Å². The van der Waals surface area contributed by atoms with Crippen molar-refractivity contribution in [1.29, 1.82) is 0 Å². The van der Waals surface area contributed by atoms with Gasteiger partial charge in [0, 0.05) is 11.7 Å². The van der Waals surface area contributed by atoms with Gasteiger partial charge in [-0.2, -0.15) is 26.3 Å². The van der Waals surface area contributed by atoms with Gasteiger partial charge in [0.15, 0.2) is 9.84 Å². The van der Waals surface area contributed by atoms with Crippen LogP contribution in [0.3, 0.4) is 0 Å². The summed E-state index contributed by atoms with van der Waals surface area (Å²) >= 11 is 0. The zero-order valence-corrected chi connectivity index (χ0v) is 16.9. The second-order valence-electron chi connectivity index (χ2n) is 7.90. The molecule has 164 valence electrons. The van der Waals surface area contributed by atoms with E-state index in [1.165, 1.54) is 12.1 Å². The molecule has 1 saturated carbocycles. The van der Waals surface area contributed by atoms with Crippen LogP contribution >= 0.6 is 0 Å². The van der Waals surface area contributed by atoms with Crippen LogP contribution < -0.4 is 0 Å². The molecule has 1 fully saturated rings. The van der Waals surface area contributed by atoms with Gasteiger partial charge >= 0.3 is 12.4 Å². The molecule has 0 amide bonds. The summed E-state index contributed by atoms with van der Waals surface area (Å²) in [6.45, 7) is 0. The number of hydrogen-bond donors (Lipinski definition) is 0. The topological polar surface area (TPSA) is 34.1 Å². The molecule has 31 heavy (non-hydrogen) atoms. The Morgan fingerprint density at radius 1 is 0.742 bits per heavy atom. The molecule has 1 spiro atoms. The Balaban J connectivity index is 1.81. The minimum Gasteiger partial charge on any atom is -0.224 e. The fourth-order valence-corrected chi connectivity index (χ4v) is 4.39. The Labute approximate surface area is 174 Å². The molecular formula is C22H16F6O2S. The minimum atomic E-state index is -5.17. The lowest BCUT2D eigenvalue weighted by Crippen LogP contribution is -2.16. The van der Waals surface area contributed by atoms with Gasteiger partial charge in [0.1, 0.15) is 0 Å².